The number of nitrogens with zero attached hydrogens (tertiary/aromatic N) is 2. The monoisotopic (exact) mass is 257 g/mol. The van der Waals surface area contributed by atoms with Crippen LogP contribution in [0.4, 0.5) is 5.69 Å². The van der Waals surface area contributed by atoms with E-state index in [0.29, 0.717) is 0 Å². The van der Waals surface area contributed by atoms with E-state index < -0.39 is 0 Å². The summed E-state index contributed by atoms with van der Waals surface area (Å²) in [4.78, 5) is 2.37. The van der Waals surface area contributed by atoms with Gasteiger partial charge in [-0.05, 0) is 56.5 Å². The maximum Gasteiger partial charge on any atom is 0.101 e. The summed E-state index contributed by atoms with van der Waals surface area (Å²) in [5.74, 6) is 0.784. The molecule has 0 saturated carbocycles. The smallest absolute Gasteiger partial charge is 0.101 e. The topological polar surface area (TPSA) is 39.1 Å². The minimum Gasteiger partial charge on any atom is -0.370 e. The van der Waals surface area contributed by atoms with Crippen LogP contribution in [-0.4, -0.2) is 26.2 Å². The number of piperidine rings is 1. The molecule has 1 saturated heterocycles. The third kappa shape index (κ3) is 3.48. The molecule has 0 bridgehead atoms. The highest BCUT2D eigenvalue weighted by Crippen LogP contribution is 2.26. The van der Waals surface area contributed by atoms with Gasteiger partial charge < -0.3 is 10.2 Å². The summed E-state index contributed by atoms with van der Waals surface area (Å²) in [5.41, 5.74) is 3.14. The highest BCUT2D eigenvalue weighted by molar-refractivity contribution is 5.60. The number of hydrogen-bond donors (Lipinski definition) is 1. The summed E-state index contributed by atoms with van der Waals surface area (Å²) in [6.45, 7) is 8.55. The largest absolute Gasteiger partial charge is 0.370 e. The number of benzene rings is 1. The van der Waals surface area contributed by atoms with Crippen LogP contribution >= 0.6 is 0 Å². The second kappa shape index (κ2) is 6.58. The molecule has 1 aromatic rings. The molecule has 0 unspecified atom stereocenters. The quantitative estimate of drug-likeness (QED) is 0.901. The number of aryl methyl sites for hydroxylation is 1. The van der Waals surface area contributed by atoms with E-state index in [-0.39, 0.29) is 0 Å². The van der Waals surface area contributed by atoms with Crippen LogP contribution in [0.3, 0.4) is 0 Å². The molecule has 0 aliphatic carbocycles. The molecule has 1 N–H and O–H groups in total. The van der Waals surface area contributed by atoms with Gasteiger partial charge in [0.05, 0.1) is 11.3 Å². The first kappa shape index (κ1) is 13.9. The summed E-state index contributed by atoms with van der Waals surface area (Å²) < 4.78 is 0. The third-order valence-electron chi connectivity index (χ3n) is 3.91. The zero-order chi connectivity index (χ0) is 13.7. The van der Waals surface area contributed by atoms with E-state index in [1.807, 2.05) is 12.1 Å². The molecule has 2 rings (SSSR count). The van der Waals surface area contributed by atoms with Gasteiger partial charge in [0.15, 0.2) is 0 Å². The van der Waals surface area contributed by atoms with Crippen LogP contribution in [0.25, 0.3) is 0 Å². The third-order valence-corrected chi connectivity index (χ3v) is 3.91. The number of hydrogen-bond acceptors (Lipinski definition) is 3. The Morgan fingerprint density at radius 2 is 2.11 bits per heavy atom. The van der Waals surface area contributed by atoms with E-state index in [9.17, 15) is 5.26 Å². The zero-order valence-corrected chi connectivity index (χ0v) is 11.9. The SMILES string of the molecule is CCNCC1CCN(c2cc(C)ccc2C#N)CC1. The van der Waals surface area contributed by atoms with E-state index in [2.05, 4.69) is 36.2 Å². The highest BCUT2D eigenvalue weighted by Gasteiger charge is 2.20. The fourth-order valence-corrected chi connectivity index (χ4v) is 2.72. The Morgan fingerprint density at radius 1 is 1.37 bits per heavy atom. The summed E-state index contributed by atoms with van der Waals surface area (Å²) in [6.07, 6.45) is 2.43. The molecule has 1 aromatic carbocycles. The van der Waals surface area contributed by atoms with Crippen molar-refractivity contribution in [3.05, 3.63) is 29.3 Å². The lowest BCUT2D eigenvalue weighted by Crippen LogP contribution is -2.37. The second-order valence-corrected chi connectivity index (χ2v) is 5.37. The molecule has 3 heteroatoms. The summed E-state index contributed by atoms with van der Waals surface area (Å²) in [7, 11) is 0. The van der Waals surface area contributed by atoms with Crippen molar-refractivity contribution in [2.24, 2.45) is 5.92 Å². The van der Waals surface area contributed by atoms with Gasteiger partial charge in [0, 0.05) is 13.1 Å². The molecular weight excluding hydrogens is 234 g/mol. The van der Waals surface area contributed by atoms with Crippen molar-refractivity contribution in [2.45, 2.75) is 26.7 Å². The Hall–Kier alpha value is -1.53. The first-order valence-electron chi connectivity index (χ1n) is 7.21. The van der Waals surface area contributed by atoms with Crippen molar-refractivity contribution in [1.29, 1.82) is 5.26 Å². The number of rotatable bonds is 4. The Bertz CT molecular complexity index is 454. The van der Waals surface area contributed by atoms with E-state index >= 15 is 0 Å². The van der Waals surface area contributed by atoms with Gasteiger partial charge in [-0.3, -0.25) is 0 Å². The average Bonchev–Trinajstić information content (AvgIpc) is 2.45. The number of nitriles is 1. The molecule has 102 valence electrons. The van der Waals surface area contributed by atoms with Gasteiger partial charge >= 0.3 is 0 Å². The number of anilines is 1. The molecular formula is C16H23N3. The van der Waals surface area contributed by atoms with Gasteiger partial charge in [-0.15, -0.1) is 0 Å². The summed E-state index contributed by atoms with van der Waals surface area (Å²) in [6, 6.07) is 8.41. The molecule has 19 heavy (non-hydrogen) atoms. The van der Waals surface area contributed by atoms with Crippen molar-refractivity contribution in [3.8, 4) is 6.07 Å². The maximum absolute atomic E-state index is 9.22. The molecule has 1 aliphatic heterocycles. The van der Waals surface area contributed by atoms with Crippen molar-refractivity contribution in [2.75, 3.05) is 31.1 Å². The summed E-state index contributed by atoms with van der Waals surface area (Å²) in [5, 5.41) is 12.7. The van der Waals surface area contributed by atoms with Crippen LogP contribution in [0.5, 0.6) is 0 Å². The molecule has 0 spiro atoms. The lowest BCUT2D eigenvalue weighted by Gasteiger charge is -2.34. The van der Waals surface area contributed by atoms with Gasteiger partial charge in [-0.25, -0.2) is 0 Å². The first-order valence-corrected chi connectivity index (χ1v) is 7.21. The van der Waals surface area contributed by atoms with Crippen LogP contribution in [0.2, 0.25) is 0 Å². The highest BCUT2D eigenvalue weighted by atomic mass is 15.1. The molecule has 0 amide bonds. The molecule has 1 aliphatic rings. The lowest BCUT2D eigenvalue weighted by atomic mass is 9.95. The van der Waals surface area contributed by atoms with Crippen LogP contribution in [0, 0.1) is 24.2 Å². The number of nitrogens with one attached hydrogen (secondary N) is 1. The molecule has 0 aromatic heterocycles. The molecule has 1 heterocycles. The van der Waals surface area contributed by atoms with Gasteiger partial charge in [-0.1, -0.05) is 13.0 Å². The van der Waals surface area contributed by atoms with E-state index in [1.165, 1.54) is 18.4 Å². The Kier molecular flexibility index (Phi) is 4.81. The fraction of sp³-hybridized carbons (Fsp3) is 0.562. The minimum absolute atomic E-state index is 0.784. The molecule has 0 atom stereocenters. The fourth-order valence-electron chi connectivity index (χ4n) is 2.72. The predicted octanol–water partition coefficient (Wildman–Crippen LogP) is 2.69. The van der Waals surface area contributed by atoms with Crippen LogP contribution in [0.1, 0.15) is 30.9 Å². The second-order valence-electron chi connectivity index (χ2n) is 5.37. The Labute approximate surface area is 116 Å². The Balaban J connectivity index is 2.01. The van der Waals surface area contributed by atoms with Crippen LogP contribution in [0.15, 0.2) is 18.2 Å². The standard InChI is InChI=1S/C16H23N3/c1-3-18-12-14-6-8-19(9-7-14)16-10-13(2)4-5-15(16)11-17/h4-5,10,14,18H,3,6-9,12H2,1-2H3. The molecule has 3 nitrogen and oxygen atoms in total. The zero-order valence-electron chi connectivity index (χ0n) is 11.9. The maximum atomic E-state index is 9.22. The normalized spacial score (nSPS) is 16.4. The van der Waals surface area contributed by atoms with Gasteiger partial charge in [0.1, 0.15) is 6.07 Å². The van der Waals surface area contributed by atoms with Crippen molar-refractivity contribution < 1.29 is 0 Å². The molecule has 1 fully saturated rings. The first-order chi connectivity index (χ1) is 9.24. The Morgan fingerprint density at radius 3 is 2.74 bits per heavy atom. The van der Waals surface area contributed by atoms with Gasteiger partial charge in [0.25, 0.3) is 0 Å². The average molecular weight is 257 g/mol. The van der Waals surface area contributed by atoms with Crippen LogP contribution in [-0.2, 0) is 0 Å². The van der Waals surface area contributed by atoms with Crippen molar-refractivity contribution >= 4 is 5.69 Å². The molecule has 0 radical (unpaired) electrons. The van der Waals surface area contributed by atoms with E-state index in [1.54, 1.807) is 0 Å². The van der Waals surface area contributed by atoms with Crippen LogP contribution < -0.4 is 10.2 Å². The predicted molar refractivity (Wildman–Crippen MR) is 79.4 cm³/mol. The minimum atomic E-state index is 0.784. The van der Waals surface area contributed by atoms with Crippen molar-refractivity contribution in [1.82, 2.24) is 5.32 Å². The van der Waals surface area contributed by atoms with E-state index in [4.69, 9.17) is 0 Å². The summed E-state index contributed by atoms with van der Waals surface area (Å²) >= 11 is 0. The van der Waals surface area contributed by atoms with Gasteiger partial charge in [-0.2, -0.15) is 5.26 Å². The lowest BCUT2D eigenvalue weighted by molar-refractivity contribution is 0.386. The van der Waals surface area contributed by atoms with Gasteiger partial charge in [0.2, 0.25) is 0 Å². The van der Waals surface area contributed by atoms with E-state index in [0.717, 1.165) is 43.3 Å². The van der Waals surface area contributed by atoms with Crippen molar-refractivity contribution in [3.63, 3.8) is 0 Å².